The van der Waals surface area contributed by atoms with Crippen LogP contribution in [0.4, 0.5) is 0 Å². The van der Waals surface area contributed by atoms with Crippen molar-refractivity contribution in [2.75, 3.05) is 0 Å². The van der Waals surface area contributed by atoms with Crippen molar-refractivity contribution < 1.29 is 4.42 Å². The van der Waals surface area contributed by atoms with Gasteiger partial charge in [0.25, 0.3) is 0 Å². The molecule has 0 atom stereocenters. The molecule has 2 heterocycles. The van der Waals surface area contributed by atoms with Crippen molar-refractivity contribution in [2.24, 2.45) is 0 Å². The Kier molecular flexibility index (Phi) is 2.42. The van der Waals surface area contributed by atoms with Crippen molar-refractivity contribution in [2.45, 2.75) is 13.5 Å². The zero-order valence-corrected chi connectivity index (χ0v) is 10.1. The minimum Gasteiger partial charge on any atom is -0.472 e. The summed E-state index contributed by atoms with van der Waals surface area (Å²) in [7, 11) is 0. The lowest BCUT2D eigenvalue weighted by Crippen LogP contribution is -1.90. The van der Waals surface area contributed by atoms with Crippen LogP contribution in [0.3, 0.4) is 0 Å². The molecule has 3 nitrogen and oxygen atoms in total. The van der Waals surface area contributed by atoms with Gasteiger partial charge in [-0.1, -0.05) is 6.07 Å². The molecule has 0 aliphatic rings. The fourth-order valence-corrected chi connectivity index (χ4v) is 2.26. The van der Waals surface area contributed by atoms with Crippen molar-refractivity contribution in [3.63, 3.8) is 0 Å². The molecule has 0 spiro atoms. The molecule has 0 saturated carbocycles. The van der Waals surface area contributed by atoms with E-state index in [4.69, 9.17) is 4.42 Å². The van der Waals surface area contributed by atoms with E-state index < -0.39 is 0 Å². The maximum atomic E-state index is 9.18. The number of nitrogens with zero attached hydrogens (tertiary/aromatic N) is 2. The molecular formula is C15H12N2O. The molecule has 3 rings (SSSR count). The van der Waals surface area contributed by atoms with Crippen molar-refractivity contribution in [1.82, 2.24) is 4.57 Å². The van der Waals surface area contributed by atoms with E-state index in [2.05, 4.69) is 29.7 Å². The van der Waals surface area contributed by atoms with Crippen LogP contribution in [0.5, 0.6) is 0 Å². The third kappa shape index (κ3) is 1.51. The Morgan fingerprint density at radius 3 is 2.83 bits per heavy atom. The number of fused-ring (bicyclic) bond motifs is 1. The number of hydrogen-bond acceptors (Lipinski definition) is 2. The van der Waals surface area contributed by atoms with Crippen molar-refractivity contribution in [3.8, 4) is 17.2 Å². The predicted molar refractivity (Wildman–Crippen MR) is 70.0 cm³/mol. The first-order valence-corrected chi connectivity index (χ1v) is 5.89. The summed E-state index contributed by atoms with van der Waals surface area (Å²) in [6, 6.07) is 10.3. The molecule has 0 N–H and O–H groups in total. The Bertz CT molecular complexity index is 730. The van der Waals surface area contributed by atoms with Gasteiger partial charge in [0, 0.05) is 29.2 Å². The summed E-state index contributed by atoms with van der Waals surface area (Å²) in [5.41, 5.74) is 3.92. The second kappa shape index (κ2) is 4.08. The van der Waals surface area contributed by atoms with Crippen LogP contribution in [-0.4, -0.2) is 4.57 Å². The van der Waals surface area contributed by atoms with Gasteiger partial charge in [0.15, 0.2) is 0 Å². The summed E-state index contributed by atoms with van der Waals surface area (Å²) in [5, 5.41) is 10.2. The monoisotopic (exact) mass is 236 g/mol. The molecule has 0 aliphatic carbocycles. The Morgan fingerprint density at radius 1 is 1.28 bits per heavy atom. The number of aromatic nitrogens is 1. The molecule has 3 aromatic rings. The van der Waals surface area contributed by atoms with Gasteiger partial charge in [-0.05, 0) is 30.7 Å². The first kappa shape index (κ1) is 10.7. The number of furan rings is 1. The van der Waals surface area contributed by atoms with E-state index in [1.807, 2.05) is 18.3 Å². The molecule has 0 bridgehead atoms. The number of benzene rings is 1. The largest absolute Gasteiger partial charge is 0.472 e. The second-order valence-electron chi connectivity index (χ2n) is 4.18. The Hall–Kier alpha value is -2.47. The summed E-state index contributed by atoms with van der Waals surface area (Å²) in [6.07, 6.45) is 5.27. The lowest BCUT2D eigenvalue weighted by atomic mass is 10.1. The summed E-state index contributed by atoms with van der Waals surface area (Å²) in [4.78, 5) is 0. The molecule has 2 aromatic heterocycles. The van der Waals surface area contributed by atoms with Crippen LogP contribution in [0.1, 0.15) is 12.5 Å². The summed E-state index contributed by atoms with van der Waals surface area (Å²) in [6.45, 7) is 2.94. The third-order valence-corrected chi connectivity index (χ3v) is 3.20. The zero-order chi connectivity index (χ0) is 12.5. The van der Waals surface area contributed by atoms with Crippen LogP contribution < -0.4 is 0 Å². The molecule has 0 aliphatic heterocycles. The van der Waals surface area contributed by atoms with Crippen LogP contribution in [0.15, 0.2) is 47.4 Å². The highest BCUT2D eigenvalue weighted by Crippen LogP contribution is 2.28. The van der Waals surface area contributed by atoms with Crippen LogP contribution in [-0.2, 0) is 6.54 Å². The van der Waals surface area contributed by atoms with Gasteiger partial charge in [0.2, 0.25) is 0 Å². The maximum absolute atomic E-state index is 9.18. The quantitative estimate of drug-likeness (QED) is 0.679. The van der Waals surface area contributed by atoms with Crippen LogP contribution in [0.25, 0.3) is 22.0 Å². The van der Waals surface area contributed by atoms with E-state index in [1.165, 1.54) is 0 Å². The molecule has 1 aromatic carbocycles. The van der Waals surface area contributed by atoms with Gasteiger partial charge in [-0.3, -0.25) is 0 Å². The van der Waals surface area contributed by atoms with Crippen molar-refractivity contribution in [1.29, 1.82) is 5.26 Å². The first-order valence-electron chi connectivity index (χ1n) is 5.89. The SMILES string of the molecule is CCn1cc(C#N)c2cc(-c3ccoc3)ccc21. The fourth-order valence-electron chi connectivity index (χ4n) is 2.26. The molecule has 0 unspecified atom stereocenters. The molecule has 0 fully saturated rings. The van der Waals surface area contributed by atoms with Crippen molar-refractivity contribution in [3.05, 3.63) is 48.6 Å². The van der Waals surface area contributed by atoms with Crippen molar-refractivity contribution >= 4 is 10.9 Å². The van der Waals surface area contributed by atoms with E-state index in [1.54, 1.807) is 12.5 Å². The van der Waals surface area contributed by atoms with Gasteiger partial charge in [0.1, 0.15) is 6.07 Å². The fraction of sp³-hybridized carbons (Fsp3) is 0.133. The van der Waals surface area contributed by atoms with Gasteiger partial charge < -0.3 is 8.98 Å². The van der Waals surface area contributed by atoms with Crippen LogP contribution in [0.2, 0.25) is 0 Å². The highest BCUT2D eigenvalue weighted by atomic mass is 16.3. The van der Waals surface area contributed by atoms with E-state index in [-0.39, 0.29) is 0 Å². The average molecular weight is 236 g/mol. The van der Waals surface area contributed by atoms with Crippen LogP contribution in [0, 0.1) is 11.3 Å². The highest BCUT2D eigenvalue weighted by molar-refractivity contribution is 5.90. The maximum Gasteiger partial charge on any atom is 0.101 e. The smallest absolute Gasteiger partial charge is 0.101 e. The lowest BCUT2D eigenvalue weighted by molar-refractivity contribution is 0.568. The molecule has 18 heavy (non-hydrogen) atoms. The molecule has 0 amide bonds. The Labute approximate surface area is 105 Å². The van der Waals surface area contributed by atoms with Gasteiger partial charge in [-0.2, -0.15) is 5.26 Å². The standard InChI is InChI=1S/C15H12N2O/c1-2-17-9-13(8-16)14-7-11(3-4-15(14)17)12-5-6-18-10-12/h3-7,9-10H,2H2,1H3. The number of aryl methyl sites for hydroxylation is 1. The normalized spacial score (nSPS) is 10.7. The zero-order valence-electron chi connectivity index (χ0n) is 10.1. The van der Waals surface area contributed by atoms with Gasteiger partial charge >= 0.3 is 0 Å². The molecule has 0 radical (unpaired) electrons. The Morgan fingerprint density at radius 2 is 2.17 bits per heavy atom. The topological polar surface area (TPSA) is 41.9 Å². The minimum atomic E-state index is 0.720. The van der Waals surface area contributed by atoms with E-state index in [0.717, 1.165) is 34.1 Å². The predicted octanol–water partition coefficient (Wildman–Crippen LogP) is 3.79. The summed E-state index contributed by atoms with van der Waals surface area (Å²) < 4.78 is 7.18. The molecule has 0 saturated heterocycles. The summed E-state index contributed by atoms with van der Waals surface area (Å²) in [5.74, 6) is 0. The number of rotatable bonds is 2. The average Bonchev–Trinajstić information content (AvgIpc) is 3.05. The molecular weight excluding hydrogens is 224 g/mol. The van der Waals surface area contributed by atoms with Gasteiger partial charge in [0.05, 0.1) is 18.1 Å². The van der Waals surface area contributed by atoms with E-state index >= 15 is 0 Å². The number of nitriles is 1. The first-order chi connectivity index (χ1) is 8.83. The molecule has 3 heteroatoms. The summed E-state index contributed by atoms with van der Waals surface area (Å²) >= 11 is 0. The van der Waals surface area contributed by atoms with Gasteiger partial charge in [-0.15, -0.1) is 0 Å². The van der Waals surface area contributed by atoms with Crippen LogP contribution >= 0.6 is 0 Å². The number of hydrogen-bond donors (Lipinski definition) is 0. The molecule has 88 valence electrons. The third-order valence-electron chi connectivity index (χ3n) is 3.20. The van der Waals surface area contributed by atoms with E-state index in [0.29, 0.717) is 0 Å². The lowest BCUT2D eigenvalue weighted by Gasteiger charge is -2.01. The highest BCUT2D eigenvalue weighted by Gasteiger charge is 2.09. The van der Waals surface area contributed by atoms with E-state index in [9.17, 15) is 5.26 Å². The van der Waals surface area contributed by atoms with Gasteiger partial charge in [-0.25, -0.2) is 0 Å². The minimum absolute atomic E-state index is 0.720. The second-order valence-corrected chi connectivity index (χ2v) is 4.18. The Balaban J connectivity index is 2.26.